The van der Waals surface area contributed by atoms with E-state index in [2.05, 4.69) is 90.4 Å². The predicted molar refractivity (Wildman–Crippen MR) is 75.4 cm³/mol. The highest BCUT2D eigenvalue weighted by Gasteiger charge is 2.48. The Morgan fingerprint density at radius 1 is 0.778 bits per heavy atom. The summed E-state index contributed by atoms with van der Waals surface area (Å²) in [5.74, 6) is 0. The Hall–Kier alpha value is 2.92. The van der Waals surface area contributed by atoms with E-state index in [9.17, 15) is 0 Å². The molecule has 0 aromatic heterocycles. The molecule has 0 saturated heterocycles. The van der Waals surface area contributed by atoms with E-state index in [1.807, 2.05) is 0 Å². The van der Waals surface area contributed by atoms with Gasteiger partial charge in [0.05, 0.1) is 2.86 Å². The van der Waals surface area contributed by atoms with Crippen LogP contribution in [0.4, 0.5) is 0 Å². The van der Waals surface area contributed by atoms with Crippen LogP contribution in [0.25, 0.3) is 0 Å². The minimum atomic E-state index is 0.504. The van der Waals surface area contributed by atoms with E-state index in [0.717, 1.165) is 0 Å². The minimum Gasteiger partial charge on any atom is -0.0649 e. The standard InChI is InChI=1S/C5H6I4/c6-4(7)2-1-3-5(4,8)9/h1-3H2. The van der Waals surface area contributed by atoms with Gasteiger partial charge in [-0.1, -0.05) is 90.4 Å². The van der Waals surface area contributed by atoms with Gasteiger partial charge in [0.2, 0.25) is 0 Å². The quantitative estimate of drug-likeness (QED) is 0.300. The number of rotatable bonds is 0. The van der Waals surface area contributed by atoms with Crippen molar-refractivity contribution in [2.75, 3.05) is 0 Å². The summed E-state index contributed by atoms with van der Waals surface area (Å²) in [6.45, 7) is 0. The fourth-order valence-electron chi connectivity index (χ4n) is 0.898. The first-order chi connectivity index (χ1) is 3.96. The Kier molecular flexibility index (Phi) is 3.72. The molecule has 1 aliphatic rings. The van der Waals surface area contributed by atoms with E-state index in [4.69, 9.17) is 0 Å². The van der Waals surface area contributed by atoms with Crippen LogP contribution in [0.5, 0.6) is 0 Å². The molecule has 1 rings (SSSR count). The van der Waals surface area contributed by atoms with Crippen molar-refractivity contribution >= 4 is 90.4 Å². The van der Waals surface area contributed by atoms with Crippen molar-refractivity contribution < 1.29 is 0 Å². The molecule has 0 atom stereocenters. The zero-order valence-electron chi connectivity index (χ0n) is 4.63. The Morgan fingerprint density at radius 3 is 1.22 bits per heavy atom. The van der Waals surface area contributed by atoms with E-state index in [0.29, 0.717) is 2.86 Å². The van der Waals surface area contributed by atoms with Crippen molar-refractivity contribution in [3.05, 3.63) is 0 Å². The van der Waals surface area contributed by atoms with Crippen LogP contribution in [-0.2, 0) is 0 Å². The molecule has 0 aromatic carbocycles. The molecule has 0 radical (unpaired) electrons. The van der Waals surface area contributed by atoms with Gasteiger partial charge in [0.1, 0.15) is 0 Å². The van der Waals surface area contributed by atoms with Crippen molar-refractivity contribution in [3.8, 4) is 0 Å². The monoisotopic (exact) mass is 574 g/mol. The molecule has 0 spiro atoms. The maximum atomic E-state index is 2.58. The van der Waals surface area contributed by atoms with E-state index in [1.165, 1.54) is 19.3 Å². The van der Waals surface area contributed by atoms with Gasteiger partial charge in [-0.15, -0.1) is 0 Å². The van der Waals surface area contributed by atoms with Gasteiger partial charge in [-0.3, -0.25) is 0 Å². The van der Waals surface area contributed by atoms with E-state index < -0.39 is 0 Å². The van der Waals surface area contributed by atoms with Crippen LogP contribution in [0.15, 0.2) is 0 Å². The Morgan fingerprint density at radius 2 is 1.11 bits per heavy atom. The number of hydrogen-bond donors (Lipinski definition) is 0. The fourth-order valence-corrected chi connectivity index (χ4v) is 3.50. The van der Waals surface area contributed by atoms with Gasteiger partial charge < -0.3 is 0 Å². The van der Waals surface area contributed by atoms with Crippen LogP contribution >= 0.6 is 90.4 Å². The molecule has 1 aliphatic carbocycles. The zero-order valence-corrected chi connectivity index (χ0v) is 13.3. The average Bonchev–Trinajstić information content (AvgIpc) is 1.81. The minimum absolute atomic E-state index is 0.504. The first kappa shape index (κ1) is 10.0. The highest BCUT2D eigenvalue weighted by atomic mass is 127. The first-order valence-electron chi connectivity index (χ1n) is 2.71. The third kappa shape index (κ3) is 2.19. The molecule has 54 valence electrons. The molecule has 0 unspecified atom stereocenters. The largest absolute Gasteiger partial charge is 0.0969 e. The van der Waals surface area contributed by atoms with Gasteiger partial charge in [-0.2, -0.15) is 0 Å². The SMILES string of the molecule is IC1(I)CCCC1(I)I. The smallest absolute Gasteiger partial charge is 0.0649 e. The summed E-state index contributed by atoms with van der Waals surface area (Å²) < 4.78 is 1.01. The van der Waals surface area contributed by atoms with Crippen LogP contribution in [0.1, 0.15) is 19.3 Å². The summed E-state index contributed by atoms with van der Waals surface area (Å²) in [7, 11) is 0. The molecule has 0 aromatic rings. The molecule has 0 N–H and O–H groups in total. The Bertz CT molecular complexity index is 104. The third-order valence-electron chi connectivity index (χ3n) is 1.52. The lowest BCUT2D eigenvalue weighted by atomic mass is 10.4. The highest BCUT2D eigenvalue weighted by Crippen LogP contribution is 2.59. The molecule has 0 aliphatic heterocycles. The molecule has 0 heterocycles. The van der Waals surface area contributed by atoms with Gasteiger partial charge in [-0.05, 0) is 19.3 Å². The third-order valence-corrected chi connectivity index (χ3v) is 11.5. The second-order valence-electron chi connectivity index (χ2n) is 2.26. The molecule has 0 amide bonds. The molecular formula is C5H6I4. The molecule has 4 heteroatoms. The fraction of sp³-hybridized carbons (Fsp3) is 1.00. The summed E-state index contributed by atoms with van der Waals surface area (Å²) in [5.41, 5.74) is 0. The van der Waals surface area contributed by atoms with Gasteiger partial charge in [0.25, 0.3) is 0 Å². The number of hydrogen-bond acceptors (Lipinski definition) is 0. The first-order valence-corrected chi connectivity index (χ1v) is 7.03. The summed E-state index contributed by atoms with van der Waals surface area (Å²) in [4.78, 5) is 0. The highest BCUT2D eigenvalue weighted by molar-refractivity contribution is 14.2. The van der Waals surface area contributed by atoms with Gasteiger partial charge in [0, 0.05) is 0 Å². The van der Waals surface area contributed by atoms with E-state index in [1.54, 1.807) is 0 Å². The summed E-state index contributed by atoms with van der Waals surface area (Å²) in [5, 5.41) is 0. The summed E-state index contributed by atoms with van der Waals surface area (Å²) in [6.07, 6.45) is 4.15. The van der Waals surface area contributed by atoms with Gasteiger partial charge in [0.15, 0.2) is 0 Å². The van der Waals surface area contributed by atoms with Crippen molar-refractivity contribution in [2.24, 2.45) is 0 Å². The number of halogens is 4. The molecule has 0 bridgehead atoms. The zero-order chi connectivity index (χ0) is 7.12. The average molecular weight is 574 g/mol. The predicted octanol–water partition coefficient (Wildman–Crippen LogP) is 4.30. The van der Waals surface area contributed by atoms with Crippen molar-refractivity contribution in [1.82, 2.24) is 0 Å². The lowest BCUT2D eigenvalue weighted by Crippen LogP contribution is -2.26. The molecular weight excluding hydrogens is 568 g/mol. The molecule has 0 nitrogen and oxygen atoms in total. The van der Waals surface area contributed by atoms with Crippen molar-refractivity contribution in [1.29, 1.82) is 0 Å². The maximum absolute atomic E-state index is 2.58. The molecule has 1 fully saturated rings. The van der Waals surface area contributed by atoms with Crippen LogP contribution < -0.4 is 0 Å². The summed E-state index contributed by atoms with van der Waals surface area (Å²) in [6, 6.07) is 0. The van der Waals surface area contributed by atoms with Crippen LogP contribution in [0.2, 0.25) is 0 Å². The van der Waals surface area contributed by atoms with E-state index in [-0.39, 0.29) is 0 Å². The van der Waals surface area contributed by atoms with Gasteiger partial charge in [-0.25, -0.2) is 0 Å². The number of alkyl halides is 4. The Labute approximate surface area is 110 Å². The normalized spacial score (nSPS) is 30.7. The second-order valence-corrected chi connectivity index (χ2v) is 13.8. The topological polar surface area (TPSA) is 0 Å². The van der Waals surface area contributed by atoms with Crippen LogP contribution in [0.3, 0.4) is 0 Å². The lowest BCUT2D eigenvalue weighted by Gasteiger charge is -2.26. The second kappa shape index (κ2) is 3.35. The molecule has 9 heavy (non-hydrogen) atoms. The van der Waals surface area contributed by atoms with Crippen LogP contribution in [-0.4, -0.2) is 2.86 Å². The van der Waals surface area contributed by atoms with E-state index >= 15 is 0 Å². The Balaban J connectivity index is 2.75. The molecule has 1 saturated carbocycles. The van der Waals surface area contributed by atoms with Crippen molar-refractivity contribution in [3.63, 3.8) is 0 Å². The maximum Gasteiger partial charge on any atom is 0.0969 e. The van der Waals surface area contributed by atoms with Crippen LogP contribution in [0, 0.1) is 0 Å². The van der Waals surface area contributed by atoms with Gasteiger partial charge >= 0.3 is 0 Å². The van der Waals surface area contributed by atoms with Crippen molar-refractivity contribution in [2.45, 2.75) is 22.1 Å². The summed E-state index contributed by atoms with van der Waals surface area (Å²) >= 11 is 10.3. The lowest BCUT2D eigenvalue weighted by molar-refractivity contribution is 0.891.